The van der Waals surface area contributed by atoms with E-state index in [1.165, 1.54) is 7.11 Å². The predicted molar refractivity (Wildman–Crippen MR) is 78.0 cm³/mol. The zero-order valence-electron chi connectivity index (χ0n) is 13.7. The lowest BCUT2D eigenvalue weighted by atomic mass is 10.2. The van der Waals surface area contributed by atoms with E-state index >= 15 is 0 Å². The molecule has 0 heterocycles. The number of esters is 2. The summed E-state index contributed by atoms with van der Waals surface area (Å²) in [5.41, 5.74) is -0.653. The SMILES string of the molecule is COC(=O)CN(CC(=O)OC(C)(C)C)C(=O)COCC1CC1. The maximum absolute atomic E-state index is 12.1. The van der Waals surface area contributed by atoms with E-state index in [9.17, 15) is 14.4 Å². The Bertz CT molecular complexity index is 411. The van der Waals surface area contributed by atoms with Crippen LogP contribution in [-0.2, 0) is 28.6 Å². The van der Waals surface area contributed by atoms with Crippen LogP contribution in [0.1, 0.15) is 33.6 Å². The van der Waals surface area contributed by atoms with Crippen LogP contribution in [0.2, 0.25) is 0 Å². The highest BCUT2D eigenvalue weighted by molar-refractivity contribution is 5.86. The normalized spacial score (nSPS) is 14.4. The van der Waals surface area contributed by atoms with E-state index in [-0.39, 0.29) is 19.7 Å². The quantitative estimate of drug-likeness (QED) is 0.615. The summed E-state index contributed by atoms with van der Waals surface area (Å²) in [6.07, 6.45) is 2.25. The average molecular weight is 315 g/mol. The van der Waals surface area contributed by atoms with Gasteiger partial charge in [0.25, 0.3) is 0 Å². The van der Waals surface area contributed by atoms with Crippen molar-refractivity contribution in [2.45, 2.75) is 39.2 Å². The van der Waals surface area contributed by atoms with Gasteiger partial charge in [-0.25, -0.2) is 0 Å². The number of amides is 1. The second-order valence-electron chi connectivity index (χ2n) is 6.37. The first kappa shape index (κ1) is 18.4. The average Bonchev–Trinajstić information content (AvgIpc) is 3.19. The third kappa shape index (κ3) is 7.97. The van der Waals surface area contributed by atoms with Crippen molar-refractivity contribution in [3.8, 4) is 0 Å². The van der Waals surface area contributed by atoms with E-state index in [1.807, 2.05) is 0 Å². The fourth-order valence-electron chi connectivity index (χ4n) is 1.67. The van der Waals surface area contributed by atoms with Gasteiger partial charge in [-0.05, 0) is 39.5 Å². The maximum atomic E-state index is 12.1. The molecule has 1 rings (SSSR count). The van der Waals surface area contributed by atoms with Gasteiger partial charge in [-0.2, -0.15) is 0 Å². The first-order valence-electron chi connectivity index (χ1n) is 7.35. The Balaban J connectivity index is 2.51. The first-order chi connectivity index (χ1) is 10.2. The van der Waals surface area contributed by atoms with Crippen molar-refractivity contribution in [3.63, 3.8) is 0 Å². The molecule has 7 heteroatoms. The molecule has 1 saturated carbocycles. The Morgan fingerprint density at radius 1 is 1.09 bits per heavy atom. The van der Waals surface area contributed by atoms with Crippen LogP contribution in [0.5, 0.6) is 0 Å². The Labute approximate surface area is 130 Å². The minimum Gasteiger partial charge on any atom is -0.468 e. The number of methoxy groups -OCH3 is 1. The molecule has 0 atom stereocenters. The van der Waals surface area contributed by atoms with Crippen molar-refractivity contribution >= 4 is 17.8 Å². The number of nitrogens with zero attached hydrogens (tertiary/aromatic N) is 1. The molecule has 0 N–H and O–H groups in total. The smallest absolute Gasteiger partial charge is 0.326 e. The number of carbonyl (C=O) groups excluding carboxylic acids is 3. The molecule has 0 radical (unpaired) electrons. The maximum Gasteiger partial charge on any atom is 0.326 e. The van der Waals surface area contributed by atoms with Crippen molar-refractivity contribution in [2.75, 3.05) is 33.4 Å². The van der Waals surface area contributed by atoms with Crippen molar-refractivity contribution in [3.05, 3.63) is 0 Å². The number of ether oxygens (including phenoxy) is 3. The summed E-state index contributed by atoms with van der Waals surface area (Å²) < 4.78 is 15.0. The number of rotatable bonds is 8. The minimum atomic E-state index is -0.653. The van der Waals surface area contributed by atoms with Gasteiger partial charge < -0.3 is 19.1 Å². The summed E-state index contributed by atoms with van der Waals surface area (Å²) in [4.78, 5) is 36.4. The molecule has 0 aromatic carbocycles. The van der Waals surface area contributed by atoms with E-state index in [1.54, 1.807) is 20.8 Å². The lowest BCUT2D eigenvalue weighted by Gasteiger charge is -2.24. The van der Waals surface area contributed by atoms with Gasteiger partial charge in [0.15, 0.2) is 0 Å². The lowest BCUT2D eigenvalue weighted by molar-refractivity contribution is -0.161. The van der Waals surface area contributed by atoms with Crippen LogP contribution >= 0.6 is 0 Å². The molecule has 0 saturated heterocycles. The van der Waals surface area contributed by atoms with Gasteiger partial charge in [0.1, 0.15) is 25.3 Å². The standard InChI is InChI=1S/C15H25NO6/c1-15(2,3)22-14(19)8-16(7-13(18)20-4)12(17)10-21-9-11-5-6-11/h11H,5-10H2,1-4H3. The largest absolute Gasteiger partial charge is 0.468 e. The van der Waals surface area contributed by atoms with Crippen molar-refractivity contribution in [2.24, 2.45) is 5.92 Å². The molecule has 7 nitrogen and oxygen atoms in total. The molecule has 0 bridgehead atoms. The van der Waals surface area contributed by atoms with E-state index in [2.05, 4.69) is 4.74 Å². The Hall–Kier alpha value is -1.63. The number of hydrogen-bond donors (Lipinski definition) is 0. The van der Waals surface area contributed by atoms with Crippen LogP contribution in [0.25, 0.3) is 0 Å². The minimum absolute atomic E-state index is 0.156. The van der Waals surface area contributed by atoms with E-state index in [0.717, 1.165) is 17.7 Å². The molecule has 1 aliphatic carbocycles. The molecular weight excluding hydrogens is 290 g/mol. The van der Waals surface area contributed by atoms with Gasteiger partial charge in [0.05, 0.1) is 13.7 Å². The highest BCUT2D eigenvalue weighted by atomic mass is 16.6. The number of carbonyl (C=O) groups is 3. The van der Waals surface area contributed by atoms with Gasteiger partial charge in [-0.15, -0.1) is 0 Å². The molecule has 0 aliphatic heterocycles. The molecule has 0 aromatic heterocycles. The van der Waals surface area contributed by atoms with Gasteiger partial charge in [0.2, 0.25) is 5.91 Å². The molecule has 22 heavy (non-hydrogen) atoms. The van der Waals surface area contributed by atoms with Gasteiger partial charge in [0, 0.05) is 0 Å². The van der Waals surface area contributed by atoms with Crippen molar-refractivity contribution < 1.29 is 28.6 Å². The zero-order chi connectivity index (χ0) is 16.8. The lowest BCUT2D eigenvalue weighted by Crippen LogP contribution is -2.43. The van der Waals surface area contributed by atoms with Crippen LogP contribution in [0.15, 0.2) is 0 Å². The van der Waals surface area contributed by atoms with Gasteiger partial charge >= 0.3 is 11.9 Å². The predicted octanol–water partition coefficient (Wildman–Crippen LogP) is 0.756. The third-order valence-corrected chi connectivity index (χ3v) is 2.92. The van der Waals surface area contributed by atoms with E-state index < -0.39 is 23.4 Å². The summed E-state index contributed by atoms with van der Waals surface area (Å²) in [7, 11) is 1.22. The van der Waals surface area contributed by atoms with Crippen LogP contribution in [0.3, 0.4) is 0 Å². The Morgan fingerprint density at radius 3 is 2.18 bits per heavy atom. The fourth-order valence-corrected chi connectivity index (χ4v) is 1.67. The highest BCUT2D eigenvalue weighted by Gasteiger charge is 2.26. The van der Waals surface area contributed by atoms with Crippen molar-refractivity contribution in [1.29, 1.82) is 0 Å². The Kier molecular flexibility index (Phi) is 6.80. The zero-order valence-corrected chi connectivity index (χ0v) is 13.7. The molecule has 1 amide bonds. The third-order valence-electron chi connectivity index (χ3n) is 2.92. The molecule has 1 fully saturated rings. The fraction of sp³-hybridized carbons (Fsp3) is 0.800. The summed E-state index contributed by atoms with van der Waals surface area (Å²) in [6, 6.07) is 0. The second-order valence-corrected chi connectivity index (χ2v) is 6.37. The second kappa shape index (κ2) is 8.12. The highest BCUT2D eigenvalue weighted by Crippen LogP contribution is 2.28. The molecular formula is C15H25NO6. The summed E-state index contributed by atoms with van der Waals surface area (Å²) in [5.74, 6) is -1.07. The number of hydrogen-bond acceptors (Lipinski definition) is 6. The summed E-state index contributed by atoms with van der Waals surface area (Å²) >= 11 is 0. The molecule has 0 spiro atoms. The Morgan fingerprint density at radius 2 is 1.68 bits per heavy atom. The molecule has 1 aliphatic rings. The first-order valence-corrected chi connectivity index (χ1v) is 7.35. The van der Waals surface area contributed by atoms with Gasteiger partial charge in [-0.3, -0.25) is 14.4 Å². The van der Waals surface area contributed by atoms with Crippen LogP contribution in [-0.4, -0.2) is 61.8 Å². The van der Waals surface area contributed by atoms with E-state index in [4.69, 9.17) is 9.47 Å². The van der Waals surface area contributed by atoms with E-state index in [0.29, 0.717) is 12.5 Å². The van der Waals surface area contributed by atoms with Gasteiger partial charge in [-0.1, -0.05) is 0 Å². The summed E-state index contributed by atoms with van der Waals surface area (Å²) in [5, 5.41) is 0. The van der Waals surface area contributed by atoms with Crippen LogP contribution < -0.4 is 0 Å². The molecule has 126 valence electrons. The monoisotopic (exact) mass is 315 g/mol. The molecule has 0 aromatic rings. The van der Waals surface area contributed by atoms with Crippen molar-refractivity contribution in [1.82, 2.24) is 4.90 Å². The van der Waals surface area contributed by atoms with Crippen LogP contribution in [0, 0.1) is 5.92 Å². The summed E-state index contributed by atoms with van der Waals surface area (Å²) in [6.45, 7) is 4.96. The molecule has 0 unspecified atom stereocenters. The van der Waals surface area contributed by atoms with Crippen LogP contribution in [0.4, 0.5) is 0 Å². The topological polar surface area (TPSA) is 82.1 Å².